The number of rotatable bonds is 6. The molecule has 9 heteroatoms. The Bertz CT molecular complexity index is 1400. The Morgan fingerprint density at radius 3 is 2.64 bits per heavy atom. The first-order valence-electron chi connectivity index (χ1n) is 9.95. The maximum atomic E-state index is 13.5. The van der Waals surface area contributed by atoms with Gasteiger partial charge in [0, 0.05) is 16.8 Å². The van der Waals surface area contributed by atoms with Gasteiger partial charge in [0.2, 0.25) is 5.91 Å². The van der Waals surface area contributed by atoms with Gasteiger partial charge >= 0.3 is 0 Å². The maximum Gasteiger partial charge on any atom is 0.266 e. The van der Waals surface area contributed by atoms with Crippen LogP contribution in [-0.4, -0.2) is 33.4 Å². The number of anilines is 1. The molecule has 2 N–H and O–H groups in total. The summed E-state index contributed by atoms with van der Waals surface area (Å²) in [4.78, 5) is 30.7. The van der Waals surface area contributed by atoms with Crippen molar-refractivity contribution in [3.8, 4) is 17.2 Å². The predicted octanol–water partition coefficient (Wildman–Crippen LogP) is 4.79. The predicted molar refractivity (Wildman–Crippen MR) is 131 cm³/mol. The average molecular weight is 482 g/mol. The molecule has 3 aromatic carbocycles. The molecular weight excluding hydrogens is 462 g/mol. The summed E-state index contributed by atoms with van der Waals surface area (Å²) in [5.74, 6) is 0.263. The highest BCUT2D eigenvalue weighted by Gasteiger charge is 2.19. The Balaban J connectivity index is 1.75. The van der Waals surface area contributed by atoms with Crippen molar-refractivity contribution in [2.75, 3.05) is 18.2 Å². The van der Waals surface area contributed by atoms with Crippen LogP contribution in [0.2, 0.25) is 5.02 Å². The summed E-state index contributed by atoms with van der Waals surface area (Å²) in [6, 6.07) is 16.6. The zero-order valence-corrected chi connectivity index (χ0v) is 19.4. The largest absolute Gasteiger partial charge is 0.508 e. The molecule has 0 bridgehead atoms. The zero-order valence-electron chi connectivity index (χ0n) is 17.8. The molecule has 0 unspecified atom stereocenters. The summed E-state index contributed by atoms with van der Waals surface area (Å²) in [5.41, 5.74) is 2.07. The molecular formula is C24H20ClN3O4S. The molecule has 1 heterocycles. The number of aromatic nitrogens is 2. The zero-order chi connectivity index (χ0) is 23.5. The van der Waals surface area contributed by atoms with Gasteiger partial charge in [0.05, 0.1) is 29.5 Å². The van der Waals surface area contributed by atoms with Crippen LogP contribution in [0.4, 0.5) is 5.69 Å². The molecule has 0 fully saturated rings. The third-order valence-corrected chi connectivity index (χ3v) is 6.28. The standard InChI is InChI=1S/C24H20ClN3O4S/c1-14-11-20(21(32-2)12-18(14)25)28-23(31)17-5-3-4-6-19(17)27-24(28)33-13-22(30)26-15-7-9-16(29)10-8-15/h3-12,29H,13H2,1-2H3,(H,26,30). The van der Waals surface area contributed by atoms with Crippen LogP contribution in [0, 0.1) is 6.92 Å². The number of carbonyl (C=O) groups is 1. The van der Waals surface area contributed by atoms with Crippen LogP contribution in [0.25, 0.3) is 16.6 Å². The third-order valence-electron chi connectivity index (χ3n) is 4.93. The van der Waals surface area contributed by atoms with E-state index >= 15 is 0 Å². The minimum absolute atomic E-state index is 0.0144. The number of amides is 1. The lowest BCUT2D eigenvalue weighted by Crippen LogP contribution is -2.23. The van der Waals surface area contributed by atoms with E-state index in [4.69, 9.17) is 16.3 Å². The minimum Gasteiger partial charge on any atom is -0.508 e. The fraction of sp³-hybridized carbons (Fsp3) is 0.125. The summed E-state index contributed by atoms with van der Waals surface area (Å²) in [7, 11) is 1.50. The molecule has 7 nitrogen and oxygen atoms in total. The number of para-hydroxylation sites is 1. The molecule has 0 aliphatic carbocycles. The van der Waals surface area contributed by atoms with Gasteiger partial charge in [0.15, 0.2) is 5.16 Å². The van der Waals surface area contributed by atoms with Crippen LogP contribution in [0.3, 0.4) is 0 Å². The number of halogens is 1. The number of hydrogen-bond acceptors (Lipinski definition) is 6. The molecule has 0 saturated carbocycles. The monoisotopic (exact) mass is 481 g/mol. The van der Waals surface area contributed by atoms with Crippen molar-refractivity contribution in [3.63, 3.8) is 0 Å². The molecule has 168 valence electrons. The van der Waals surface area contributed by atoms with Gasteiger partial charge in [-0.25, -0.2) is 4.98 Å². The molecule has 1 aromatic heterocycles. The van der Waals surface area contributed by atoms with Gasteiger partial charge in [-0.2, -0.15) is 0 Å². The summed E-state index contributed by atoms with van der Waals surface area (Å²) in [6.45, 7) is 1.84. The fourth-order valence-electron chi connectivity index (χ4n) is 3.28. The molecule has 0 atom stereocenters. The van der Waals surface area contributed by atoms with Gasteiger partial charge in [-0.3, -0.25) is 14.2 Å². The van der Waals surface area contributed by atoms with E-state index in [2.05, 4.69) is 10.3 Å². The van der Waals surface area contributed by atoms with E-state index in [9.17, 15) is 14.7 Å². The van der Waals surface area contributed by atoms with E-state index in [1.807, 2.05) is 6.92 Å². The van der Waals surface area contributed by atoms with Crippen molar-refractivity contribution in [3.05, 3.63) is 81.6 Å². The molecule has 0 aliphatic heterocycles. The first-order valence-corrected chi connectivity index (χ1v) is 11.3. The maximum absolute atomic E-state index is 13.5. The number of methoxy groups -OCH3 is 1. The smallest absolute Gasteiger partial charge is 0.266 e. The SMILES string of the molecule is COc1cc(Cl)c(C)cc1-n1c(SCC(=O)Nc2ccc(O)cc2)nc2ccccc2c1=O. The number of carbonyl (C=O) groups excluding carboxylic acids is 1. The van der Waals surface area contributed by atoms with E-state index in [1.165, 1.54) is 23.8 Å². The lowest BCUT2D eigenvalue weighted by Gasteiger charge is -2.17. The number of phenolic OH excluding ortho intramolecular Hbond substituents is 1. The second kappa shape index (κ2) is 9.56. The molecule has 0 spiro atoms. The highest BCUT2D eigenvalue weighted by atomic mass is 35.5. The van der Waals surface area contributed by atoms with E-state index in [0.29, 0.717) is 38.2 Å². The van der Waals surface area contributed by atoms with Gasteiger partial charge in [-0.05, 0) is 55.0 Å². The number of nitrogens with one attached hydrogen (secondary N) is 1. The Labute approximate surface area is 199 Å². The number of nitrogens with zero attached hydrogens (tertiary/aromatic N) is 2. The summed E-state index contributed by atoms with van der Waals surface area (Å²) >= 11 is 7.39. The Morgan fingerprint density at radius 1 is 1.18 bits per heavy atom. The quantitative estimate of drug-likeness (QED) is 0.233. The van der Waals surface area contributed by atoms with Crippen molar-refractivity contribution in [2.45, 2.75) is 12.1 Å². The van der Waals surface area contributed by atoms with E-state index in [-0.39, 0.29) is 23.0 Å². The average Bonchev–Trinajstić information content (AvgIpc) is 2.81. The van der Waals surface area contributed by atoms with Gasteiger partial charge in [0.1, 0.15) is 11.5 Å². The van der Waals surface area contributed by atoms with Gasteiger partial charge < -0.3 is 15.2 Å². The van der Waals surface area contributed by atoms with Crippen molar-refractivity contribution in [2.24, 2.45) is 0 Å². The highest BCUT2D eigenvalue weighted by Crippen LogP contribution is 2.32. The Kier molecular flexibility index (Phi) is 6.57. The normalized spacial score (nSPS) is 10.9. The molecule has 4 aromatic rings. The number of ether oxygens (including phenoxy) is 1. The first-order chi connectivity index (χ1) is 15.9. The number of benzene rings is 3. The molecule has 0 aliphatic rings. The van der Waals surface area contributed by atoms with E-state index in [0.717, 1.165) is 17.3 Å². The van der Waals surface area contributed by atoms with E-state index < -0.39 is 0 Å². The summed E-state index contributed by atoms with van der Waals surface area (Å²) in [6.07, 6.45) is 0. The molecule has 0 saturated heterocycles. The van der Waals surface area contributed by atoms with E-state index in [1.54, 1.807) is 48.5 Å². The second-order valence-corrected chi connectivity index (χ2v) is 8.56. The topological polar surface area (TPSA) is 93.4 Å². The number of phenols is 1. The van der Waals surface area contributed by atoms with Crippen molar-refractivity contribution in [1.82, 2.24) is 9.55 Å². The summed E-state index contributed by atoms with van der Waals surface area (Å²) in [5, 5.41) is 13.5. The van der Waals surface area contributed by atoms with Gasteiger partial charge in [-0.15, -0.1) is 0 Å². The van der Waals surface area contributed by atoms with Crippen LogP contribution in [0.5, 0.6) is 11.5 Å². The van der Waals surface area contributed by atoms with Crippen LogP contribution in [0.15, 0.2) is 70.6 Å². The Hall–Kier alpha value is -3.49. The molecule has 1 amide bonds. The van der Waals surface area contributed by atoms with Gasteiger partial charge in [0.25, 0.3) is 5.56 Å². The molecule has 0 radical (unpaired) electrons. The number of aryl methyl sites for hydroxylation is 1. The first kappa shape index (κ1) is 22.7. The van der Waals surface area contributed by atoms with Crippen LogP contribution >= 0.6 is 23.4 Å². The Morgan fingerprint density at radius 2 is 1.91 bits per heavy atom. The van der Waals surface area contributed by atoms with Crippen molar-refractivity contribution in [1.29, 1.82) is 0 Å². The highest BCUT2D eigenvalue weighted by molar-refractivity contribution is 7.99. The summed E-state index contributed by atoms with van der Waals surface area (Å²) < 4.78 is 6.94. The van der Waals surface area contributed by atoms with Crippen molar-refractivity contribution >= 4 is 45.9 Å². The number of fused-ring (bicyclic) bond motifs is 1. The molecule has 33 heavy (non-hydrogen) atoms. The lowest BCUT2D eigenvalue weighted by atomic mass is 10.2. The number of thioether (sulfide) groups is 1. The van der Waals surface area contributed by atoms with Crippen LogP contribution < -0.4 is 15.6 Å². The minimum atomic E-state index is -0.279. The number of hydrogen-bond donors (Lipinski definition) is 2. The van der Waals surface area contributed by atoms with Crippen molar-refractivity contribution < 1.29 is 14.6 Å². The van der Waals surface area contributed by atoms with Crippen LogP contribution in [0.1, 0.15) is 5.56 Å². The fourth-order valence-corrected chi connectivity index (χ4v) is 4.24. The van der Waals surface area contributed by atoms with Crippen LogP contribution in [-0.2, 0) is 4.79 Å². The van der Waals surface area contributed by atoms with Gasteiger partial charge in [-0.1, -0.05) is 35.5 Å². The molecule has 4 rings (SSSR count). The third kappa shape index (κ3) is 4.81. The number of aromatic hydroxyl groups is 1. The second-order valence-electron chi connectivity index (χ2n) is 7.21. The lowest BCUT2D eigenvalue weighted by molar-refractivity contribution is -0.113.